The number of carbonyl (C=O) groups is 1. The lowest BCUT2D eigenvalue weighted by Crippen LogP contribution is -2.31. The van der Waals surface area contributed by atoms with Gasteiger partial charge in [0.25, 0.3) is 0 Å². The monoisotopic (exact) mass is 209 g/mol. The molecular weight excluding hydrogens is 194 g/mol. The van der Waals surface area contributed by atoms with Gasteiger partial charge in [0.1, 0.15) is 0 Å². The largest absolute Gasteiger partial charge is 0.481 e. The number of aliphatic carboxylic acids is 1. The van der Waals surface area contributed by atoms with E-state index in [-0.39, 0.29) is 12.5 Å². The van der Waals surface area contributed by atoms with Crippen molar-refractivity contribution >= 4 is 16.0 Å². The third-order valence-electron chi connectivity index (χ3n) is 1.44. The Bertz CT molecular complexity index is 260. The number of rotatable bonds is 6. The molecule has 0 amide bonds. The topological polar surface area (TPSA) is 83.5 Å². The molecule has 13 heavy (non-hydrogen) atoms. The van der Waals surface area contributed by atoms with Gasteiger partial charge < -0.3 is 5.11 Å². The first-order valence-electron chi connectivity index (χ1n) is 4.00. The van der Waals surface area contributed by atoms with E-state index in [9.17, 15) is 13.2 Å². The molecule has 5 nitrogen and oxygen atoms in total. The summed E-state index contributed by atoms with van der Waals surface area (Å²) in [7, 11) is -3.17. The summed E-state index contributed by atoms with van der Waals surface area (Å²) in [4.78, 5) is 10.1. The highest BCUT2D eigenvalue weighted by molar-refractivity contribution is 7.88. The summed E-state index contributed by atoms with van der Waals surface area (Å²) < 4.78 is 23.8. The van der Waals surface area contributed by atoms with E-state index in [4.69, 9.17) is 5.11 Å². The van der Waals surface area contributed by atoms with Crippen molar-refractivity contribution < 1.29 is 18.3 Å². The van der Waals surface area contributed by atoms with Crippen LogP contribution in [-0.4, -0.2) is 31.8 Å². The fourth-order valence-corrected chi connectivity index (χ4v) is 1.83. The van der Waals surface area contributed by atoms with Gasteiger partial charge in [-0.05, 0) is 19.8 Å². The Morgan fingerprint density at radius 1 is 1.54 bits per heavy atom. The van der Waals surface area contributed by atoms with E-state index in [0.29, 0.717) is 12.8 Å². The first kappa shape index (κ1) is 12.4. The normalized spacial score (nSPS) is 14.0. The van der Waals surface area contributed by atoms with Gasteiger partial charge in [0, 0.05) is 12.5 Å². The Hall–Kier alpha value is -0.620. The summed E-state index contributed by atoms with van der Waals surface area (Å²) in [6.07, 6.45) is 2.19. The lowest BCUT2D eigenvalue weighted by Gasteiger charge is -2.10. The van der Waals surface area contributed by atoms with E-state index >= 15 is 0 Å². The predicted octanol–water partition coefficient (Wildman–Crippen LogP) is 0.179. The quantitative estimate of drug-likeness (QED) is 0.653. The third kappa shape index (κ3) is 9.29. The van der Waals surface area contributed by atoms with Crippen LogP contribution in [0.4, 0.5) is 0 Å². The maximum Gasteiger partial charge on any atom is 0.303 e. The van der Waals surface area contributed by atoms with Gasteiger partial charge in [0.15, 0.2) is 0 Å². The second-order valence-electron chi connectivity index (χ2n) is 3.08. The van der Waals surface area contributed by atoms with Gasteiger partial charge in [0.05, 0.1) is 6.26 Å². The summed E-state index contributed by atoms with van der Waals surface area (Å²) in [5, 5.41) is 8.32. The van der Waals surface area contributed by atoms with Crippen molar-refractivity contribution in [3.63, 3.8) is 0 Å². The first-order chi connectivity index (χ1) is 5.81. The zero-order valence-corrected chi connectivity index (χ0v) is 8.60. The molecule has 0 aliphatic rings. The first-order valence-corrected chi connectivity index (χ1v) is 5.89. The lowest BCUT2D eigenvalue weighted by atomic mass is 10.1. The molecule has 0 heterocycles. The van der Waals surface area contributed by atoms with Crippen LogP contribution in [0.1, 0.15) is 26.2 Å². The number of nitrogens with one attached hydrogen (secondary N) is 1. The highest BCUT2D eigenvalue weighted by atomic mass is 32.2. The zero-order chi connectivity index (χ0) is 10.5. The fourth-order valence-electron chi connectivity index (χ4n) is 0.984. The number of carboxylic acid groups (broad SMARTS) is 1. The van der Waals surface area contributed by atoms with E-state index in [1.165, 1.54) is 0 Å². The Labute approximate surface area is 78.2 Å². The molecule has 78 valence electrons. The molecule has 0 saturated carbocycles. The van der Waals surface area contributed by atoms with Crippen molar-refractivity contribution in [1.29, 1.82) is 0 Å². The van der Waals surface area contributed by atoms with Crippen LogP contribution in [0.15, 0.2) is 0 Å². The average molecular weight is 209 g/mol. The van der Waals surface area contributed by atoms with E-state index in [0.717, 1.165) is 6.26 Å². The molecule has 0 bridgehead atoms. The molecule has 0 aliphatic heterocycles. The van der Waals surface area contributed by atoms with Crippen molar-refractivity contribution in [2.45, 2.75) is 32.2 Å². The predicted molar refractivity (Wildman–Crippen MR) is 48.9 cm³/mol. The second-order valence-corrected chi connectivity index (χ2v) is 4.86. The van der Waals surface area contributed by atoms with Gasteiger partial charge in [-0.1, -0.05) is 0 Å². The average Bonchev–Trinajstić information content (AvgIpc) is 1.81. The van der Waals surface area contributed by atoms with Crippen LogP contribution in [0.25, 0.3) is 0 Å². The van der Waals surface area contributed by atoms with E-state index < -0.39 is 16.0 Å². The number of hydrogen-bond donors (Lipinski definition) is 2. The Kier molecular flexibility index (Phi) is 4.94. The SMILES string of the molecule is CC(CCCC(=O)O)NS(C)(=O)=O. The molecule has 0 aromatic carbocycles. The number of carboxylic acids is 1. The minimum Gasteiger partial charge on any atom is -0.481 e. The smallest absolute Gasteiger partial charge is 0.303 e. The molecule has 0 spiro atoms. The Morgan fingerprint density at radius 3 is 2.46 bits per heavy atom. The molecule has 0 rings (SSSR count). The Morgan fingerprint density at radius 2 is 2.08 bits per heavy atom. The van der Waals surface area contributed by atoms with Gasteiger partial charge in [-0.15, -0.1) is 0 Å². The van der Waals surface area contributed by atoms with Crippen molar-refractivity contribution in [1.82, 2.24) is 4.72 Å². The minimum absolute atomic E-state index is 0.0791. The van der Waals surface area contributed by atoms with Crippen molar-refractivity contribution in [2.24, 2.45) is 0 Å². The summed E-state index contributed by atoms with van der Waals surface area (Å²) in [5.74, 6) is -0.855. The Balaban J connectivity index is 3.64. The fraction of sp³-hybridized carbons (Fsp3) is 0.857. The van der Waals surface area contributed by atoms with Gasteiger partial charge in [0.2, 0.25) is 10.0 Å². The standard InChI is InChI=1S/C7H15NO4S/c1-6(8-13(2,11)12)4-3-5-7(9)10/h6,8H,3-5H2,1-2H3,(H,9,10). The molecule has 2 N–H and O–H groups in total. The van der Waals surface area contributed by atoms with Crippen LogP contribution < -0.4 is 4.72 Å². The highest BCUT2D eigenvalue weighted by Crippen LogP contribution is 2.01. The molecular formula is C7H15NO4S. The molecule has 1 atom stereocenters. The minimum atomic E-state index is -3.17. The summed E-state index contributed by atoms with van der Waals surface area (Å²) in [5.41, 5.74) is 0. The zero-order valence-electron chi connectivity index (χ0n) is 7.78. The lowest BCUT2D eigenvalue weighted by molar-refractivity contribution is -0.137. The van der Waals surface area contributed by atoms with Gasteiger partial charge >= 0.3 is 5.97 Å². The summed E-state index contributed by atoms with van der Waals surface area (Å²) >= 11 is 0. The van der Waals surface area contributed by atoms with Crippen molar-refractivity contribution in [2.75, 3.05) is 6.26 Å². The molecule has 0 aliphatic carbocycles. The van der Waals surface area contributed by atoms with Crippen LogP contribution in [-0.2, 0) is 14.8 Å². The van der Waals surface area contributed by atoms with Crippen molar-refractivity contribution in [3.8, 4) is 0 Å². The van der Waals surface area contributed by atoms with Gasteiger partial charge in [-0.25, -0.2) is 13.1 Å². The maximum atomic E-state index is 10.7. The summed E-state index contributed by atoms with van der Waals surface area (Å²) in [6.45, 7) is 1.71. The molecule has 1 unspecified atom stereocenters. The molecule has 0 radical (unpaired) electrons. The van der Waals surface area contributed by atoms with Crippen molar-refractivity contribution in [3.05, 3.63) is 0 Å². The molecule has 0 fully saturated rings. The highest BCUT2D eigenvalue weighted by Gasteiger charge is 2.08. The molecule has 6 heteroatoms. The van der Waals surface area contributed by atoms with Crippen LogP contribution in [0.2, 0.25) is 0 Å². The van der Waals surface area contributed by atoms with Crippen LogP contribution in [0.5, 0.6) is 0 Å². The number of sulfonamides is 1. The van der Waals surface area contributed by atoms with E-state index in [1.807, 2.05) is 0 Å². The van der Waals surface area contributed by atoms with Crippen LogP contribution in [0.3, 0.4) is 0 Å². The second kappa shape index (κ2) is 5.18. The number of hydrogen-bond acceptors (Lipinski definition) is 3. The van der Waals surface area contributed by atoms with E-state index in [2.05, 4.69) is 4.72 Å². The van der Waals surface area contributed by atoms with Gasteiger partial charge in [-0.2, -0.15) is 0 Å². The molecule has 0 aromatic rings. The van der Waals surface area contributed by atoms with Crippen LogP contribution in [0, 0.1) is 0 Å². The van der Waals surface area contributed by atoms with Gasteiger partial charge in [-0.3, -0.25) is 4.79 Å². The maximum absolute atomic E-state index is 10.7. The van der Waals surface area contributed by atoms with Crippen LogP contribution >= 0.6 is 0 Å². The molecule has 0 aromatic heterocycles. The third-order valence-corrected chi connectivity index (χ3v) is 2.27. The molecule has 0 saturated heterocycles. The van der Waals surface area contributed by atoms with E-state index in [1.54, 1.807) is 6.92 Å². The summed E-state index contributed by atoms with van der Waals surface area (Å²) in [6, 6.07) is -0.200.